The molecule has 5 nitrogen and oxygen atoms in total. The summed E-state index contributed by atoms with van der Waals surface area (Å²) in [6, 6.07) is 8.82. The van der Waals surface area contributed by atoms with Crippen LogP contribution in [0.2, 0.25) is 0 Å². The van der Waals surface area contributed by atoms with E-state index in [1.165, 1.54) is 30.4 Å². The highest BCUT2D eigenvalue weighted by molar-refractivity contribution is 14.0. The van der Waals surface area contributed by atoms with E-state index >= 15 is 0 Å². The summed E-state index contributed by atoms with van der Waals surface area (Å²) >= 11 is 0. The van der Waals surface area contributed by atoms with Crippen LogP contribution in [0.15, 0.2) is 29.3 Å². The molecule has 1 saturated carbocycles. The molecule has 1 aromatic rings. The zero-order chi connectivity index (χ0) is 20.2. The number of aliphatic imine (C=N–C) groups is 1. The van der Waals surface area contributed by atoms with E-state index in [2.05, 4.69) is 60.6 Å². The molecule has 2 N–H and O–H groups in total. The second-order valence-corrected chi connectivity index (χ2v) is 7.93. The van der Waals surface area contributed by atoms with Crippen LogP contribution < -0.4 is 10.6 Å². The molecule has 0 atom stereocenters. The number of nitrogens with one attached hydrogen (secondary N) is 2. The third-order valence-corrected chi connectivity index (χ3v) is 5.94. The van der Waals surface area contributed by atoms with Gasteiger partial charge in [-0.2, -0.15) is 0 Å². The van der Waals surface area contributed by atoms with E-state index < -0.39 is 0 Å². The number of hydrogen-bond donors (Lipinski definition) is 2. The predicted octanol–water partition coefficient (Wildman–Crippen LogP) is 4.41. The Labute approximate surface area is 195 Å². The van der Waals surface area contributed by atoms with Crippen LogP contribution >= 0.6 is 24.0 Å². The first-order valence-corrected chi connectivity index (χ1v) is 11.0. The molecule has 0 aliphatic heterocycles. The number of hydrogen-bond acceptors (Lipinski definition) is 3. The normalized spacial score (nSPS) is 15.6. The van der Waals surface area contributed by atoms with E-state index in [0.717, 1.165) is 51.7 Å². The quantitative estimate of drug-likeness (QED) is 0.246. The number of methoxy groups -OCH3 is 1. The summed E-state index contributed by atoms with van der Waals surface area (Å²) < 4.78 is 5.31. The van der Waals surface area contributed by atoms with Gasteiger partial charge in [-0.05, 0) is 55.8 Å². The number of nitrogens with zero attached hydrogens (tertiary/aromatic N) is 2. The summed E-state index contributed by atoms with van der Waals surface area (Å²) in [5.74, 6) is 0.917. The highest BCUT2D eigenvalue weighted by atomic mass is 127. The molecule has 1 aliphatic rings. The van der Waals surface area contributed by atoms with Gasteiger partial charge in [-0.1, -0.05) is 44.5 Å². The van der Waals surface area contributed by atoms with Crippen molar-refractivity contribution in [2.45, 2.75) is 59.5 Å². The molecule has 0 radical (unpaired) electrons. The van der Waals surface area contributed by atoms with Gasteiger partial charge in [-0.3, -0.25) is 4.90 Å². The minimum Gasteiger partial charge on any atom is -0.385 e. The van der Waals surface area contributed by atoms with Crippen LogP contribution in [0.25, 0.3) is 0 Å². The van der Waals surface area contributed by atoms with Gasteiger partial charge in [0.25, 0.3) is 0 Å². The fourth-order valence-electron chi connectivity index (χ4n) is 3.83. The van der Waals surface area contributed by atoms with Crippen LogP contribution in [0, 0.1) is 5.41 Å². The van der Waals surface area contributed by atoms with Crippen LogP contribution in [0.5, 0.6) is 0 Å². The molecule has 29 heavy (non-hydrogen) atoms. The zero-order valence-electron chi connectivity index (χ0n) is 18.8. The average molecular weight is 517 g/mol. The maximum absolute atomic E-state index is 5.31. The van der Waals surface area contributed by atoms with Crippen molar-refractivity contribution in [1.29, 1.82) is 0 Å². The lowest BCUT2D eigenvalue weighted by Gasteiger charge is -2.42. The molecule has 0 aromatic heterocycles. The molecule has 0 saturated heterocycles. The Morgan fingerprint density at radius 3 is 2.45 bits per heavy atom. The molecule has 6 heteroatoms. The lowest BCUT2D eigenvalue weighted by molar-refractivity contribution is 0.0732. The van der Waals surface area contributed by atoms with Gasteiger partial charge in [-0.15, -0.1) is 24.0 Å². The van der Waals surface area contributed by atoms with Crippen LogP contribution in [-0.2, 0) is 17.8 Å². The molecule has 1 fully saturated rings. The summed E-state index contributed by atoms with van der Waals surface area (Å²) in [5, 5.41) is 6.98. The smallest absolute Gasteiger partial charge is 0.191 e. The molecular weight excluding hydrogens is 475 g/mol. The van der Waals surface area contributed by atoms with E-state index in [1.807, 2.05) is 0 Å². The second-order valence-electron chi connectivity index (χ2n) is 7.93. The Balaban J connectivity index is 0.00000420. The van der Waals surface area contributed by atoms with Crippen molar-refractivity contribution in [2.24, 2.45) is 10.4 Å². The first kappa shape index (κ1) is 26.2. The zero-order valence-corrected chi connectivity index (χ0v) is 21.1. The summed E-state index contributed by atoms with van der Waals surface area (Å²) in [6.45, 7) is 13.1. The van der Waals surface area contributed by atoms with Crippen LogP contribution in [0.1, 0.15) is 57.6 Å². The minimum absolute atomic E-state index is 0. The van der Waals surface area contributed by atoms with Crippen molar-refractivity contribution >= 4 is 29.9 Å². The van der Waals surface area contributed by atoms with Gasteiger partial charge in [0.2, 0.25) is 0 Å². The van der Waals surface area contributed by atoms with Gasteiger partial charge < -0.3 is 15.4 Å². The average Bonchev–Trinajstić information content (AvgIpc) is 2.69. The molecule has 0 bridgehead atoms. The van der Waals surface area contributed by atoms with E-state index in [4.69, 9.17) is 9.73 Å². The molecular formula is C23H41IN4O. The van der Waals surface area contributed by atoms with Crippen molar-refractivity contribution < 1.29 is 4.74 Å². The van der Waals surface area contributed by atoms with Crippen LogP contribution in [0.3, 0.4) is 0 Å². The lowest BCUT2D eigenvalue weighted by atomic mass is 9.67. The number of ether oxygens (including phenoxy) is 1. The van der Waals surface area contributed by atoms with E-state index in [9.17, 15) is 0 Å². The Morgan fingerprint density at radius 2 is 1.86 bits per heavy atom. The van der Waals surface area contributed by atoms with Crippen molar-refractivity contribution in [3.05, 3.63) is 35.4 Å². The Hall–Kier alpha value is -0.860. The van der Waals surface area contributed by atoms with E-state index in [-0.39, 0.29) is 24.0 Å². The highest BCUT2D eigenvalue weighted by Gasteiger charge is 2.36. The fraction of sp³-hybridized carbons (Fsp3) is 0.696. The maximum Gasteiger partial charge on any atom is 0.191 e. The number of rotatable bonds is 12. The molecule has 0 spiro atoms. The Kier molecular flexibility index (Phi) is 12.8. The first-order chi connectivity index (χ1) is 13.6. The monoisotopic (exact) mass is 516 g/mol. The van der Waals surface area contributed by atoms with Gasteiger partial charge in [-0.25, -0.2) is 4.99 Å². The summed E-state index contributed by atoms with van der Waals surface area (Å²) in [6.07, 6.45) is 5.04. The van der Waals surface area contributed by atoms with Crippen molar-refractivity contribution in [3.8, 4) is 0 Å². The van der Waals surface area contributed by atoms with Gasteiger partial charge in [0.1, 0.15) is 0 Å². The molecule has 1 aliphatic carbocycles. The SMILES string of the molecule is CCNC(=NCc1cccc(CN(CC)CC)c1)NCC1(CCOC)CCC1.I. The molecule has 166 valence electrons. The number of benzene rings is 1. The summed E-state index contributed by atoms with van der Waals surface area (Å²) in [5.41, 5.74) is 3.01. The van der Waals surface area contributed by atoms with E-state index in [1.54, 1.807) is 7.11 Å². The van der Waals surface area contributed by atoms with Crippen molar-refractivity contribution in [1.82, 2.24) is 15.5 Å². The number of guanidine groups is 1. The predicted molar refractivity (Wildman–Crippen MR) is 134 cm³/mol. The number of halogens is 1. The summed E-state index contributed by atoms with van der Waals surface area (Å²) in [4.78, 5) is 7.27. The molecule has 0 heterocycles. The van der Waals surface area contributed by atoms with Gasteiger partial charge >= 0.3 is 0 Å². The largest absolute Gasteiger partial charge is 0.385 e. The van der Waals surface area contributed by atoms with E-state index in [0.29, 0.717) is 12.0 Å². The Morgan fingerprint density at radius 1 is 1.14 bits per heavy atom. The molecule has 2 rings (SSSR count). The van der Waals surface area contributed by atoms with Gasteiger partial charge in [0, 0.05) is 33.4 Å². The Bertz CT molecular complexity index is 600. The third-order valence-electron chi connectivity index (χ3n) is 5.94. The van der Waals surface area contributed by atoms with Crippen molar-refractivity contribution in [3.63, 3.8) is 0 Å². The van der Waals surface area contributed by atoms with Gasteiger partial charge in [0.05, 0.1) is 6.54 Å². The standard InChI is InChI=1S/C23H40N4O.HI/c1-5-24-22(26-19-23(12-9-13-23)14-15-28-4)25-17-20-10-8-11-21(16-20)18-27(6-2)7-3;/h8,10-11,16H,5-7,9,12-15,17-19H2,1-4H3,(H2,24,25,26);1H. The van der Waals surface area contributed by atoms with Crippen LogP contribution in [-0.4, -0.2) is 50.8 Å². The van der Waals surface area contributed by atoms with Gasteiger partial charge in [0.15, 0.2) is 5.96 Å². The molecule has 1 aromatic carbocycles. The summed E-state index contributed by atoms with van der Waals surface area (Å²) in [7, 11) is 1.79. The highest BCUT2D eigenvalue weighted by Crippen LogP contribution is 2.43. The first-order valence-electron chi connectivity index (χ1n) is 11.0. The third kappa shape index (κ3) is 8.80. The topological polar surface area (TPSA) is 48.9 Å². The minimum atomic E-state index is 0. The lowest BCUT2D eigenvalue weighted by Crippen LogP contribution is -2.46. The molecule has 0 unspecified atom stereocenters. The fourth-order valence-corrected chi connectivity index (χ4v) is 3.83. The van der Waals surface area contributed by atoms with Crippen molar-refractivity contribution in [2.75, 3.05) is 39.9 Å². The maximum atomic E-state index is 5.31. The second kappa shape index (κ2) is 14.2. The van der Waals surface area contributed by atoms with Crippen LogP contribution in [0.4, 0.5) is 0 Å². The molecule has 0 amide bonds.